The highest BCUT2D eigenvalue weighted by atomic mass is 16.5. The highest BCUT2D eigenvalue weighted by Crippen LogP contribution is 2.21. The van der Waals surface area contributed by atoms with Crippen molar-refractivity contribution in [3.05, 3.63) is 36.4 Å². The van der Waals surface area contributed by atoms with Crippen LogP contribution in [0.3, 0.4) is 0 Å². The lowest BCUT2D eigenvalue weighted by Gasteiger charge is -2.19. The Hall–Kier alpha value is -1.44. The number of ether oxygens (including phenoxy) is 1. The first-order valence-corrected chi connectivity index (χ1v) is 5.91. The minimum Gasteiger partial charge on any atom is -0.497 e. The van der Waals surface area contributed by atoms with Gasteiger partial charge in [0.25, 0.3) is 0 Å². The smallest absolute Gasteiger partial charge is 0.120 e. The average Bonchev–Trinajstić information content (AvgIpc) is 2.38. The number of rotatable bonds is 4. The minimum atomic E-state index is 0.774. The van der Waals surface area contributed by atoms with Crippen LogP contribution in [0.5, 0.6) is 5.75 Å². The molecule has 2 heteroatoms. The number of anilines is 1. The van der Waals surface area contributed by atoms with E-state index < -0.39 is 0 Å². The summed E-state index contributed by atoms with van der Waals surface area (Å²) in [5.74, 6) is 1.68. The first-order valence-electron chi connectivity index (χ1n) is 5.91. The highest BCUT2D eigenvalue weighted by Gasteiger charge is 2.09. The van der Waals surface area contributed by atoms with Crippen LogP contribution >= 0.6 is 0 Å². The van der Waals surface area contributed by atoms with Crippen molar-refractivity contribution < 1.29 is 4.74 Å². The minimum absolute atomic E-state index is 0.774. The van der Waals surface area contributed by atoms with Gasteiger partial charge < -0.3 is 10.1 Å². The summed E-state index contributed by atoms with van der Waals surface area (Å²) in [6, 6.07) is 8.11. The Labute approximate surface area is 97.3 Å². The average molecular weight is 217 g/mol. The molecule has 0 amide bonds. The molecule has 0 heterocycles. The molecule has 86 valence electrons. The molecule has 1 unspecified atom stereocenters. The summed E-state index contributed by atoms with van der Waals surface area (Å²) < 4.78 is 5.20. The van der Waals surface area contributed by atoms with E-state index in [1.165, 1.54) is 19.3 Å². The Balaban J connectivity index is 1.86. The lowest BCUT2D eigenvalue weighted by Crippen LogP contribution is -2.15. The summed E-state index contributed by atoms with van der Waals surface area (Å²) in [6.45, 7) is 1.05. The SMILES string of the molecule is COc1cccc(NCC2CC=CCC2)c1. The van der Waals surface area contributed by atoms with Gasteiger partial charge in [-0.05, 0) is 37.3 Å². The van der Waals surface area contributed by atoms with E-state index in [9.17, 15) is 0 Å². The van der Waals surface area contributed by atoms with Crippen molar-refractivity contribution in [3.8, 4) is 5.75 Å². The molecule has 1 aliphatic rings. The van der Waals surface area contributed by atoms with Gasteiger partial charge in [0, 0.05) is 18.3 Å². The fourth-order valence-corrected chi connectivity index (χ4v) is 2.04. The second-order valence-corrected chi connectivity index (χ2v) is 4.26. The third kappa shape index (κ3) is 3.02. The zero-order valence-electron chi connectivity index (χ0n) is 9.78. The molecule has 0 fully saturated rings. The van der Waals surface area contributed by atoms with Gasteiger partial charge >= 0.3 is 0 Å². The second kappa shape index (κ2) is 5.59. The fraction of sp³-hybridized carbons (Fsp3) is 0.429. The van der Waals surface area contributed by atoms with Crippen LogP contribution in [-0.2, 0) is 0 Å². The third-order valence-electron chi connectivity index (χ3n) is 3.04. The van der Waals surface area contributed by atoms with Crippen LogP contribution in [0.1, 0.15) is 19.3 Å². The van der Waals surface area contributed by atoms with Gasteiger partial charge in [-0.3, -0.25) is 0 Å². The van der Waals surface area contributed by atoms with Crippen LogP contribution in [0.15, 0.2) is 36.4 Å². The molecule has 2 rings (SSSR count). The highest BCUT2D eigenvalue weighted by molar-refractivity contribution is 5.48. The number of methoxy groups -OCH3 is 1. The molecule has 1 N–H and O–H groups in total. The van der Waals surface area contributed by atoms with Crippen LogP contribution in [-0.4, -0.2) is 13.7 Å². The second-order valence-electron chi connectivity index (χ2n) is 4.26. The topological polar surface area (TPSA) is 21.3 Å². The Morgan fingerprint density at radius 2 is 2.31 bits per heavy atom. The molecule has 1 aromatic carbocycles. The molecule has 0 aromatic heterocycles. The predicted molar refractivity (Wildman–Crippen MR) is 68.0 cm³/mol. The zero-order chi connectivity index (χ0) is 11.2. The Kier molecular flexibility index (Phi) is 3.86. The predicted octanol–water partition coefficient (Wildman–Crippen LogP) is 3.46. The summed E-state index contributed by atoms with van der Waals surface area (Å²) in [5, 5.41) is 3.48. The van der Waals surface area contributed by atoms with Crippen LogP contribution < -0.4 is 10.1 Å². The van der Waals surface area contributed by atoms with E-state index >= 15 is 0 Å². The van der Waals surface area contributed by atoms with Crippen LogP contribution in [0.25, 0.3) is 0 Å². The fourth-order valence-electron chi connectivity index (χ4n) is 2.04. The quantitative estimate of drug-likeness (QED) is 0.780. The molecule has 0 spiro atoms. The summed E-state index contributed by atoms with van der Waals surface area (Å²) in [7, 11) is 1.70. The summed E-state index contributed by atoms with van der Waals surface area (Å²) in [6.07, 6.45) is 8.30. The monoisotopic (exact) mass is 217 g/mol. The van der Waals surface area contributed by atoms with E-state index in [0.29, 0.717) is 0 Å². The van der Waals surface area contributed by atoms with Crippen molar-refractivity contribution in [1.29, 1.82) is 0 Å². The largest absolute Gasteiger partial charge is 0.497 e. The van der Waals surface area contributed by atoms with E-state index in [2.05, 4.69) is 23.5 Å². The maximum absolute atomic E-state index is 5.20. The van der Waals surface area contributed by atoms with Crippen molar-refractivity contribution in [3.63, 3.8) is 0 Å². The number of nitrogens with one attached hydrogen (secondary N) is 1. The van der Waals surface area contributed by atoms with Crippen molar-refractivity contribution in [2.75, 3.05) is 19.0 Å². The van der Waals surface area contributed by atoms with Gasteiger partial charge in [0.15, 0.2) is 0 Å². The molecule has 1 aliphatic carbocycles. The number of hydrogen-bond acceptors (Lipinski definition) is 2. The molecule has 0 saturated heterocycles. The maximum Gasteiger partial charge on any atom is 0.120 e. The van der Waals surface area contributed by atoms with Gasteiger partial charge in [0.1, 0.15) is 5.75 Å². The molecule has 0 saturated carbocycles. The van der Waals surface area contributed by atoms with Gasteiger partial charge in [-0.1, -0.05) is 18.2 Å². The Morgan fingerprint density at radius 3 is 3.06 bits per heavy atom. The van der Waals surface area contributed by atoms with E-state index in [-0.39, 0.29) is 0 Å². The number of benzene rings is 1. The third-order valence-corrected chi connectivity index (χ3v) is 3.04. The van der Waals surface area contributed by atoms with E-state index in [4.69, 9.17) is 4.74 Å². The first-order chi connectivity index (χ1) is 7.88. The van der Waals surface area contributed by atoms with Gasteiger partial charge in [-0.15, -0.1) is 0 Å². The maximum atomic E-state index is 5.20. The Bertz CT molecular complexity index is 360. The van der Waals surface area contributed by atoms with Crippen LogP contribution in [0.4, 0.5) is 5.69 Å². The van der Waals surface area contributed by atoms with Gasteiger partial charge in [0.05, 0.1) is 7.11 Å². The molecule has 2 nitrogen and oxygen atoms in total. The van der Waals surface area contributed by atoms with Crippen LogP contribution in [0.2, 0.25) is 0 Å². The van der Waals surface area contributed by atoms with Crippen molar-refractivity contribution in [2.24, 2.45) is 5.92 Å². The van der Waals surface area contributed by atoms with Crippen molar-refractivity contribution in [1.82, 2.24) is 0 Å². The normalized spacial score (nSPS) is 19.4. The standard InChI is InChI=1S/C14H19NO/c1-16-14-9-5-8-13(10-14)15-11-12-6-3-2-4-7-12/h2-3,5,8-10,12,15H,4,6-7,11H2,1H3. The zero-order valence-corrected chi connectivity index (χ0v) is 9.78. The molecule has 1 atom stereocenters. The Morgan fingerprint density at radius 1 is 1.38 bits per heavy atom. The number of hydrogen-bond donors (Lipinski definition) is 1. The lowest BCUT2D eigenvalue weighted by atomic mass is 9.94. The van der Waals surface area contributed by atoms with E-state index in [1.807, 2.05) is 18.2 Å². The molecule has 0 radical (unpaired) electrons. The molecule has 0 bridgehead atoms. The molecular weight excluding hydrogens is 198 g/mol. The van der Waals surface area contributed by atoms with Gasteiger partial charge in [-0.25, -0.2) is 0 Å². The number of allylic oxidation sites excluding steroid dienone is 2. The molecule has 16 heavy (non-hydrogen) atoms. The molecule has 0 aliphatic heterocycles. The van der Waals surface area contributed by atoms with Crippen molar-refractivity contribution >= 4 is 5.69 Å². The van der Waals surface area contributed by atoms with E-state index in [1.54, 1.807) is 7.11 Å². The van der Waals surface area contributed by atoms with Gasteiger partial charge in [-0.2, -0.15) is 0 Å². The summed E-state index contributed by atoms with van der Waals surface area (Å²) in [5.41, 5.74) is 1.15. The first kappa shape index (κ1) is 11.1. The van der Waals surface area contributed by atoms with Crippen molar-refractivity contribution in [2.45, 2.75) is 19.3 Å². The summed E-state index contributed by atoms with van der Waals surface area (Å²) in [4.78, 5) is 0. The molecule has 1 aromatic rings. The summed E-state index contributed by atoms with van der Waals surface area (Å²) >= 11 is 0. The van der Waals surface area contributed by atoms with Gasteiger partial charge in [0.2, 0.25) is 0 Å². The lowest BCUT2D eigenvalue weighted by molar-refractivity contribution is 0.415. The molecular formula is C14H19NO. The van der Waals surface area contributed by atoms with E-state index in [0.717, 1.165) is 23.9 Å². The van der Waals surface area contributed by atoms with Crippen LogP contribution in [0, 0.1) is 5.92 Å².